The van der Waals surface area contributed by atoms with Gasteiger partial charge in [-0.1, -0.05) is 177 Å². The van der Waals surface area contributed by atoms with Gasteiger partial charge in [0, 0.05) is 32.3 Å². The molecule has 1 unspecified atom stereocenters. The molecule has 3 aliphatic rings. The fourth-order valence-corrected chi connectivity index (χ4v) is 11.7. The highest BCUT2D eigenvalue weighted by atomic mass is 32.2. The maximum absolute atomic E-state index is 2.52. The van der Waals surface area contributed by atoms with Crippen LogP contribution >= 0.6 is 11.8 Å². The van der Waals surface area contributed by atoms with E-state index in [-0.39, 0.29) is 5.41 Å². The third kappa shape index (κ3) is 4.61. The second-order valence-electron chi connectivity index (χ2n) is 16.4. The molecule has 1 atom stereocenters. The van der Waals surface area contributed by atoms with Crippen LogP contribution in [0.25, 0.3) is 44.2 Å². The first-order chi connectivity index (χ1) is 28.5. The lowest BCUT2D eigenvalue weighted by Gasteiger charge is -2.41. The van der Waals surface area contributed by atoms with Crippen LogP contribution in [0.15, 0.2) is 210 Å². The first kappa shape index (κ1) is 33.5. The summed E-state index contributed by atoms with van der Waals surface area (Å²) in [7, 11) is 0. The summed E-state index contributed by atoms with van der Waals surface area (Å²) in [6, 6.07) is 75.0. The van der Waals surface area contributed by atoms with Crippen molar-refractivity contribution in [3.05, 3.63) is 234 Å². The molecule has 0 saturated carbocycles. The van der Waals surface area contributed by atoms with Crippen molar-refractivity contribution in [2.45, 2.75) is 34.5 Å². The maximum atomic E-state index is 2.52. The third-order valence-electron chi connectivity index (χ3n) is 13.1. The Morgan fingerprint density at radius 1 is 0.379 bits per heavy atom. The molecule has 1 spiro atoms. The summed E-state index contributed by atoms with van der Waals surface area (Å²) in [6.45, 7) is 4.74. The molecule has 0 saturated heterocycles. The molecule has 0 N–H and O–H groups in total. The van der Waals surface area contributed by atoms with E-state index in [1.165, 1.54) is 87.3 Å². The number of nitrogens with zero attached hydrogens (tertiary/aromatic N) is 1. The lowest BCUT2D eigenvalue weighted by molar-refractivity contribution is 0.660. The van der Waals surface area contributed by atoms with Crippen LogP contribution in [0.3, 0.4) is 0 Å². The molecule has 2 heteroatoms. The molecule has 0 amide bonds. The number of benzene rings is 9. The fourth-order valence-electron chi connectivity index (χ4n) is 10.5. The molecule has 12 rings (SSSR count). The van der Waals surface area contributed by atoms with Gasteiger partial charge in [0.25, 0.3) is 0 Å². The van der Waals surface area contributed by atoms with Crippen molar-refractivity contribution in [3.8, 4) is 33.4 Å². The minimum Gasteiger partial charge on any atom is -0.310 e. The van der Waals surface area contributed by atoms with E-state index >= 15 is 0 Å². The summed E-state index contributed by atoms with van der Waals surface area (Å²) < 4.78 is 0. The highest BCUT2D eigenvalue weighted by Gasteiger charge is 2.51. The smallest absolute Gasteiger partial charge is 0.0742 e. The Hall–Kier alpha value is -6.61. The molecule has 0 fully saturated rings. The van der Waals surface area contributed by atoms with Gasteiger partial charge in [-0.15, -0.1) is 0 Å². The van der Waals surface area contributed by atoms with Crippen molar-refractivity contribution < 1.29 is 0 Å². The van der Waals surface area contributed by atoms with Gasteiger partial charge in [-0.05, 0) is 126 Å². The molecule has 1 heterocycles. The van der Waals surface area contributed by atoms with Crippen molar-refractivity contribution in [1.82, 2.24) is 0 Å². The fraction of sp³-hybridized carbons (Fsp3) is 0.0714. The lowest BCUT2D eigenvalue weighted by atomic mass is 9.66. The first-order valence-corrected chi connectivity index (χ1v) is 21.1. The molecule has 1 nitrogen and oxygen atoms in total. The molecule has 0 aromatic heterocycles. The van der Waals surface area contributed by atoms with Crippen LogP contribution in [-0.4, -0.2) is 0 Å². The Kier molecular flexibility index (Phi) is 7.19. The van der Waals surface area contributed by atoms with Crippen LogP contribution in [0.1, 0.15) is 47.2 Å². The Balaban J connectivity index is 1.13. The van der Waals surface area contributed by atoms with E-state index in [4.69, 9.17) is 0 Å². The van der Waals surface area contributed by atoms with E-state index in [0.29, 0.717) is 0 Å². The standard InChI is InChI=1S/C56H39NS/c1-55(2)47-20-10-8-18-43(47)45-31-29-40(34-50(45)55)57(39-27-24-37(25-28-39)36-14-4-3-5-15-36)41-30-32-46-44-19-9-11-21-48(44)56(51(46)35-41)49-22-12-13-23-52(49)58-53-33-26-38-16-6-7-17-42(38)54(53)56/h3-35H,1-2H3. The minimum atomic E-state index is -0.510. The van der Waals surface area contributed by atoms with Crippen LogP contribution in [0.4, 0.5) is 17.1 Å². The second kappa shape index (κ2) is 12.4. The third-order valence-corrected chi connectivity index (χ3v) is 14.3. The predicted molar refractivity (Wildman–Crippen MR) is 243 cm³/mol. The highest BCUT2D eigenvalue weighted by Crippen LogP contribution is 2.64. The van der Waals surface area contributed by atoms with E-state index < -0.39 is 5.41 Å². The molecule has 2 aliphatic carbocycles. The van der Waals surface area contributed by atoms with E-state index in [0.717, 1.165) is 17.1 Å². The van der Waals surface area contributed by atoms with Crippen LogP contribution < -0.4 is 4.90 Å². The normalized spacial score (nSPS) is 16.2. The molecule has 0 bridgehead atoms. The molecule has 274 valence electrons. The molecule has 58 heavy (non-hydrogen) atoms. The Morgan fingerprint density at radius 3 is 1.71 bits per heavy atom. The molecule has 1 aliphatic heterocycles. The average molecular weight is 758 g/mol. The van der Waals surface area contributed by atoms with Crippen molar-refractivity contribution >= 4 is 39.6 Å². The minimum absolute atomic E-state index is 0.122. The highest BCUT2D eigenvalue weighted by molar-refractivity contribution is 7.99. The SMILES string of the molecule is CC1(C)c2ccccc2-c2ccc(N(c3ccc(-c4ccccc4)cc3)c3ccc4c(c3)C3(c5ccccc5Sc5ccc6ccccc6c53)c3ccccc3-4)cc21. The lowest BCUT2D eigenvalue weighted by Crippen LogP contribution is -2.32. The predicted octanol–water partition coefficient (Wildman–Crippen LogP) is 15.1. The van der Waals surface area contributed by atoms with Crippen LogP contribution in [0.5, 0.6) is 0 Å². The van der Waals surface area contributed by atoms with Crippen molar-refractivity contribution in [2.24, 2.45) is 0 Å². The average Bonchev–Trinajstić information content (AvgIpc) is 3.69. The molecular weight excluding hydrogens is 719 g/mol. The molecule has 9 aromatic carbocycles. The van der Waals surface area contributed by atoms with Gasteiger partial charge >= 0.3 is 0 Å². The summed E-state index contributed by atoms with van der Waals surface area (Å²) in [5, 5.41) is 2.58. The molecule has 0 radical (unpaired) electrons. The van der Waals surface area contributed by atoms with E-state index in [2.05, 4.69) is 219 Å². The summed E-state index contributed by atoms with van der Waals surface area (Å²) in [5.41, 5.74) is 18.6. The van der Waals surface area contributed by atoms with Crippen LogP contribution in [0.2, 0.25) is 0 Å². The maximum Gasteiger partial charge on any atom is 0.0742 e. The number of hydrogen-bond donors (Lipinski definition) is 0. The number of rotatable bonds is 4. The zero-order valence-corrected chi connectivity index (χ0v) is 33.2. The summed E-state index contributed by atoms with van der Waals surface area (Å²) >= 11 is 1.91. The Morgan fingerprint density at radius 2 is 0.931 bits per heavy atom. The summed E-state index contributed by atoms with van der Waals surface area (Å²) in [6.07, 6.45) is 0. The van der Waals surface area contributed by atoms with E-state index in [1.54, 1.807) is 0 Å². The quantitative estimate of drug-likeness (QED) is 0.176. The Labute approximate surface area is 344 Å². The van der Waals surface area contributed by atoms with Crippen LogP contribution in [-0.2, 0) is 10.8 Å². The first-order valence-electron chi connectivity index (χ1n) is 20.3. The van der Waals surface area contributed by atoms with Gasteiger partial charge in [0.1, 0.15) is 0 Å². The number of fused-ring (bicyclic) bond motifs is 14. The topological polar surface area (TPSA) is 3.24 Å². The number of hydrogen-bond acceptors (Lipinski definition) is 2. The summed E-state index contributed by atoms with van der Waals surface area (Å²) in [4.78, 5) is 5.12. The van der Waals surface area contributed by atoms with Gasteiger partial charge in [0.05, 0.1) is 5.41 Å². The molecule has 9 aromatic rings. The van der Waals surface area contributed by atoms with Crippen molar-refractivity contribution in [2.75, 3.05) is 4.90 Å². The van der Waals surface area contributed by atoms with Gasteiger partial charge in [-0.2, -0.15) is 0 Å². The molecular formula is C56H39NS. The van der Waals surface area contributed by atoms with Gasteiger partial charge in [-0.3, -0.25) is 0 Å². The zero-order valence-electron chi connectivity index (χ0n) is 32.4. The van der Waals surface area contributed by atoms with Crippen molar-refractivity contribution in [3.63, 3.8) is 0 Å². The van der Waals surface area contributed by atoms with Gasteiger partial charge in [-0.25, -0.2) is 0 Å². The Bertz CT molecular complexity index is 3120. The van der Waals surface area contributed by atoms with E-state index in [1.807, 2.05) is 11.8 Å². The zero-order chi connectivity index (χ0) is 38.6. The number of anilines is 3. The monoisotopic (exact) mass is 757 g/mol. The van der Waals surface area contributed by atoms with Gasteiger partial charge < -0.3 is 4.90 Å². The van der Waals surface area contributed by atoms with E-state index in [9.17, 15) is 0 Å². The summed E-state index contributed by atoms with van der Waals surface area (Å²) in [5.74, 6) is 0. The van der Waals surface area contributed by atoms with Crippen LogP contribution in [0, 0.1) is 0 Å². The van der Waals surface area contributed by atoms with Crippen molar-refractivity contribution in [1.29, 1.82) is 0 Å². The second-order valence-corrected chi connectivity index (χ2v) is 17.5. The van der Waals surface area contributed by atoms with Gasteiger partial charge in [0.2, 0.25) is 0 Å². The largest absolute Gasteiger partial charge is 0.310 e. The van der Waals surface area contributed by atoms with Gasteiger partial charge in [0.15, 0.2) is 0 Å².